The molecule has 104 valence electrons. The number of rotatable bonds is 4. The number of aryl methyl sites for hydroxylation is 1. The second kappa shape index (κ2) is 6.02. The molecule has 2 rings (SSSR count). The van der Waals surface area contributed by atoms with Crippen LogP contribution in [0, 0.1) is 6.92 Å². The zero-order valence-electron chi connectivity index (χ0n) is 10.5. The van der Waals surface area contributed by atoms with Gasteiger partial charge in [-0.15, -0.1) is 11.3 Å². The number of thiazole rings is 1. The van der Waals surface area contributed by atoms with E-state index in [0.717, 1.165) is 5.56 Å². The summed E-state index contributed by atoms with van der Waals surface area (Å²) in [5, 5.41) is 13.9. The number of halogens is 1. The van der Waals surface area contributed by atoms with Crippen LogP contribution in [0.5, 0.6) is 0 Å². The van der Waals surface area contributed by atoms with E-state index in [4.69, 9.17) is 16.7 Å². The van der Waals surface area contributed by atoms with Gasteiger partial charge in [0.15, 0.2) is 5.69 Å². The molecule has 1 heterocycles. The number of benzene rings is 1. The van der Waals surface area contributed by atoms with Gasteiger partial charge in [-0.3, -0.25) is 4.79 Å². The van der Waals surface area contributed by atoms with Gasteiger partial charge in [-0.25, -0.2) is 9.78 Å². The molecule has 0 saturated heterocycles. The minimum Gasteiger partial charge on any atom is -0.476 e. The van der Waals surface area contributed by atoms with E-state index in [2.05, 4.69) is 10.3 Å². The molecular formula is C13H11ClN2O3S. The van der Waals surface area contributed by atoms with E-state index in [0.29, 0.717) is 15.6 Å². The maximum atomic E-state index is 12.0. The van der Waals surface area contributed by atoms with Gasteiger partial charge in [0.2, 0.25) is 0 Å². The largest absolute Gasteiger partial charge is 0.476 e. The third-order valence-corrected chi connectivity index (χ3v) is 3.70. The molecule has 0 saturated carbocycles. The molecule has 7 heteroatoms. The van der Waals surface area contributed by atoms with Crippen molar-refractivity contribution in [3.63, 3.8) is 0 Å². The molecule has 0 atom stereocenters. The highest BCUT2D eigenvalue weighted by Crippen LogP contribution is 2.16. The Hall–Kier alpha value is -1.92. The highest BCUT2D eigenvalue weighted by Gasteiger charge is 2.12. The molecule has 0 aliphatic rings. The monoisotopic (exact) mass is 310 g/mol. The Morgan fingerprint density at radius 1 is 1.45 bits per heavy atom. The van der Waals surface area contributed by atoms with Crippen LogP contribution in [0.15, 0.2) is 23.6 Å². The smallest absolute Gasteiger partial charge is 0.355 e. The molecule has 0 bridgehead atoms. The van der Waals surface area contributed by atoms with Crippen LogP contribution in [0.2, 0.25) is 5.02 Å². The topological polar surface area (TPSA) is 79.3 Å². The fourth-order valence-electron chi connectivity index (χ4n) is 1.58. The van der Waals surface area contributed by atoms with Gasteiger partial charge in [0.05, 0.1) is 6.54 Å². The van der Waals surface area contributed by atoms with Crippen LogP contribution in [-0.2, 0) is 6.54 Å². The Kier molecular flexibility index (Phi) is 4.36. The van der Waals surface area contributed by atoms with Gasteiger partial charge in [-0.2, -0.15) is 0 Å². The summed E-state index contributed by atoms with van der Waals surface area (Å²) in [6, 6.07) is 5.08. The van der Waals surface area contributed by atoms with Crippen molar-refractivity contribution in [3.05, 3.63) is 50.4 Å². The summed E-state index contributed by atoms with van der Waals surface area (Å²) in [7, 11) is 0. The molecular weight excluding hydrogens is 300 g/mol. The minimum absolute atomic E-state index is 0.0156. The number of carbonyl (C=O) groups is 2. The van der Waals surface area contributed by atoms with E-state index in [1.54, 1.807) is 18.2 Å². The van der Waals surface area contributed by atoms with Crippen molar-refractivity contribution in [2.24, 2.45) is 0 Å². The Morgan fingerprint density at radius 3 is 2.85 bits per heavy atom. The van der Waals surface area contributed by atoms with Gasteiger partial charge in [0, 0.05) is 16.0 Å². The lowest BCUT2D eigenvalue weighted by Gasteiger charge is -2.06. The van der Waals surface area contributed by atoms with Gasteiger partial charge in [-0.1, -0.05) is 17.7 Å². The van der Waals surface area contributed by atoms with Crippen LogP contribution in [0.1, 0.15) is 31.4 Å². The van der Waals surface area contributed by atoms with Crippen molar-refractivity contribution in [3.8, 4) is 0 Å². The zero-order valence-corrected chi connectivity index (χ0v) is 12.1. The fraction of sp³-hybridized carbons (Fsp3) is 0.154. The Morgan fingerprint density at radius 2 is 2.20 bits per heavy atom. The van der Waals surface area contributed by atoms with Crippen molar-refractivity contribution >= 4 is 34.8 Å². The van der Waals surface area contributed by atoms with Gasteiger partial charge in [-0.05, 0) is 24.6 Å². The number of aromatic nitrogens is 1. The SMILES string of the molecule is Cc1ccc(Cl)cc1C(=O)NCc1nc(C(=O)O)cs1. The third-order valence-electron chi connectivity index (χ3n) is 2.62. The molecule has 0 aliphatic carbocycles. The lowest BCUT2D eigenvalue weighted by molar-refractivity contribution is 0.0691. The number of carbonyl (C=O) groups excluding carboxylic acids is 1. The lowest BCUT2D eigenvalue weighted by Crippen LogP contribution is -2.23. The molecule has 1 aromatic heterocycles. The number of amides is 1. The summed E-state index contributed by atoms with van der Waals surface area (Å²) in [6.45, 7) is 2.00. The molecule has 1 amide bonds. The lowest BCUT2D eigenvalue weighted by atomic mass is 10.1. The Labute approximate surface area is 124 Å². The molecule has 20 heavy (non-hydrogen) atoms. The van der Waals surface area contributed by atoms with Crippen molar-refractivity contribution in [1.29, 1.82) is 0 Å². The number of carboxylic acid groups (broad SMARTS) is 1. The summed E-state index contributed by atoms with van der Waals surface area (Å²) in [6.07, 6.45) is 0. The molecule has 0 aliphatic heterocycles. The summed E-state index contributed by atoms with van der Waals surface area (Å²) < 4.78 is 0. The first kappa shape index (κ1) is 14.5. The first-order valence-electron chi connectivity index (χ1n) is 5.69. The minimum atomic E-state index is -1.08. The maximum absolute atomic E-state index is 12.0. The normalized spacial score (nSPS) is 10.3. The van der Waals surface area contributed by atoms with Crippen LogP contribution < -0.4 is 5.32 Å². The fourth-order valence-corrected chi connectivity index (χ4v) is 2.46. The van der Waals surface area contributed by atoms with Gasteiger partial charge in [0.25, 0.3) is 5.91 Å². The van der Waals surface area contributed by atoms with Crippen LogP contribution in [0.25, 0.3) is 0 Å². The van der Waals surface area contributed by atoms with Crippen LogP contribution in [0.4, 0.5) is 0 Å². The quantitative estimate of drug-likeness (QED) is 0.910. The van der Waals surface area contributed by atoms with Crippen LogP contribution in [0.3, 0.4) is 0 Å². The van der Waals surface area contributed by atoms with Crippen molar-refractivity contribution < 1.29 is 14.7 Å². The predicted octanol–water partition coefficient (Wildman–Crippen LogP) is 2.73. The molecule has 0 fully saturated rings. The summed E-state index contributed by atoms with van der Waals surface area (Å²) >= 11 is 7.05. The number of nitrogens with one attached hydrogen (secondary N) is 1. The zero-order chi connectivity index (χ0) is 14.7. The highest BCUT2D eigenvalue weighted by molar-refractivity contribution is 7.09. The second-order valence-corrected chi connectivity index (χ2v) is 5.45. The molecule has 0 radical (unpaired) electrons. The predicted molar refractivity (Wildman–Crippen MR) is 76.4 cm³/mol. The number of carboxylic acids is 1. The molecule has 1 aromatic carbocycles. The van der Waals surface area contributed by atoms with Crippen LogP contribution >= 0.6 is 22.9 Å². The van der Waals surface area contributed by atoms with Gasteiger partial charge >= 0.3 is 5.97 Å². The van der Waals surface area contributed by atoms with Gasteiger partial charge < -0.3 is 10.4 Å². The first-order chi connectivity index (χ1) is 9.47. The van der Waals surface area contributed by atoms with Crippen molar-refractivity contribution in [2.75, 3.05) is 0 Å². The molecule has 5 nitrogen and oxygen atoms in total. The van der Waals surface area contributed by atoms with Crippen molar-refractivity contribution in [2.45, 2.75) is 13.5 Å². The van der Waals surface area contributed by atoms with E-state index in [9.17, 15) is 9.59 Å². The molecule has 2 aromatic rings. The van der Waals surface area contributed by atoms with E-state index >= 15 is 0 Å². The molecule has 0 unspecified atom stereocenters. The molecule has 2 N–H and O–H groups in total. The third kappa shape index (κ3) is 3.34. The summed E-state index contributed by atoms with van der Waals surface area (Å²) in [5.41, 5.74) is 1.29. The Balaban J connectivity index is 2.04. The molecule has 0 spiro atoms. The van der Waals surface area contributed by atoms with Gasteiger partial charge in [0.1, 0.15) is 5.01 Å². The van der Waals surface area contributed by atoms with Crippen molar-refractivity contribution in [1.82, 2.24) is 10.3 Å². The van der Waals surface area contributed by atoms with Crippen LogP contribution in [-0.4, -0.2) is 22.0 Å². The number of nitrogens with zero attached hydrogens (tertiary/aromatic N) is 1. The second-order valence-electron chi connectivity index (χ2n) is 4.07. The standard InChI is InChI=1S/C13H11ClN2O3S/c1-7-2-3-8(14)4-9(7)12(17)15-5-11-16-10(6-20-11)13(18)19/h2-4,6H,5H2,1H3,(H,15,17)(H,18,19). The maximum Gasteiger partial charge on any atom is 0.355 e. The average molecular weight is 311 g/mol. The number of hydrogen-bond donors (Lipinski definition) is 2. The first-order valence-corrected chi connectivity index (χ1v) is 6.95. The van der Waals surface area contributed by atoms with E-state index in [-0.39, 0.29) is 18.1 Å². The van der Waals surface area contributed by atoms with E-state index < -0.39 is 5.97 Å². The highest BCUT2D eigenvalue weighted by atomic mass is 35.5. The average Bonchev–Trinajstić information content (AvgIpc) is 2.88. The Bertz CT molecular complexity index is 669. The summed E-state index contributed by atoms with van der Waals surface area (Å²) in [5.74, 6) is -1.35. The number of hydrogen-bond acceptors (Lipinski definition) is 4. The summed E-state index contributed by atoms with van der Waals surface area (Å²) in [4.78, 5) is 26.6. The number of aromatic carboxylic acids is 1. The van der Waals surface area contributed by atoms with E-state index in [1.165, 1.54) is 16.7 Å². The van der Waals surface area contributed by atoms with E-state index in [1.807, 2.05) is 6.92 Å².